The van der Waals surface area contributed by atoms with Crippen LogP contribution in [0.25, 0.3) is 0 Å². The van der Waals surface area contributed by atoms with E-state index in [0.29, 0.717) is 6.42 Å². The van der Waals surface area contributed by atoms with Gasteiger partial charge in [-0.25, -0.2) is 4.39 Å². The molecule has 1 aromatic carbocycles. The number of thioether (sulfide) groups is 1. The fraction of sp³-hybridized carbons (Fsp3) is 0.400. The van der Waals surface area contributed by atoms with Gasteiger partial charge in [-0.3, -0.25) is 10.1 Å². The second-order valence-electron chi connectivity index (χ2n) is 3.43. The lowest BCUT2D eigenvalue weighted by molar-refractivity contribution is -0.387. The molecule has 1 aromatic rings. The molecule has 0 amide bonds. The maximum atomic E-state index is 13.2. The summed E-state index contributed by atoms with van der Waals surface area (Å²) >= 11 is 6.64. The number of aliphatic hydroxyl groups is 1. The summed E-state index contributed by atoms with van der Waals surface area (Å²) in [4.78, 5) is 10.4. The number of nitro groups is 1. The zero-order chi connectivity index (χ0) is 13.0. The zero-order valence-corrected chi connectivity index (χ0v) is 10.6. The molecule has 1 atom stereocenters. The average Bonchev–Trinajstić information content (AvgIpc) is 2.23. The Morgan fingerprint density at radius 3 is 2.82 bits per heavy atom. The van der Waals surface area contributed by atoms with Crippen molar-refractivity contribution >= 4 is 29.1 Å². The Balaban J connectivity index is 3.04. The molecule has 0 radical (unpaired) electrons. The molecule has 7 heteroatoms. The summed E-state index contributed by atoms with van der Waals surface area (Å²) < 4.78 is 13.2. The van der Waals surface area contributed by atoms with Crippen LogP contribution >= 0.6 is 23.4 Å². The molecule has 4 nitrogen and oxygen atoms in total. The largest absolute Gasteiger partial charge is 0.396 e. The fourth-order valence-corrected chi connectivity index (χ4v) is 2.45. The van der Waals surface area contributed by atoms with Crippen LogP contribution in [0.4, 0.5) is 10.1 Å². The maximum absolute atomic E-state index is 13.2. The van der Waals surface area contributed by atoms with Gasteiger partial charge in [0, 0.05) is 17.9 Å². The second-order valence-corrected chi connectivity index (χ2v) is 5.32. The van der Waals surface area contributed by atoms with Crippen molar-refractivity contribution in [1.29, 1.82) is 0 Å². The third-order valence-electron chi connectivity index (χ3n) is 2.06. The zero-order valence-electron chi connectivity index (χ0n) is 9.02. The van der Waals surface area contributed by atoms with E-state index >= 15 is 0 Å². The van der Waals surface area contributed by atoms with Gasteiger partial charge in [-0.1, -0.05) is 18.5 Å². The summed E-state index contributed by atoms with van der Waals surface area (Å²) in [7, 11) is 0. The maximum Gasteiger partial charge on any atom is 0.284 e. The Kier molecular flexibility index (Phi) is 5.17. The minimum absolute atomic E-state index is 0.0158. The number of aliphatic hydroxyl groups excluding tert-OH is 1. The van der Waals surface area contributed by atoms with Crippen LogP contribution in [0.15, 0.2) is 17.0 Å². The summed E-state index contributed by atoms with van der Waals surface area (Å²) in [5.41, 5.74) is -0.216. The first-order valence-corrected chi connectivity index (χ1v) is 6.12. The molecule has 0 spiro atoms. The Morgan fingerprint density at radius 2 is 2.29 bits per heavy atom. The summed E-state index contributed by atoms with van der Waals surface area (Å²) in [6.07, 6.45) is 0.478. The van der Waals surface area contributed by atoms with Crippen LogP contribution in [0.1, 0.15) is 13.3 Å². The quantitative estimate of drug-likeness (QED) is 0.510. The Morgan fingerprint density at radius 1 is 1.65 bits per heavy atom. The van der Waals surface area contributed by atoms with Crippen LogP contribution in [0.5, 0.6) is 0 Å². The highest BCUT2D eigenvalue weighted by Crippen LogP contribution is 2.36. The van der Waals surface area contributed by atoms with Gasteiger partial charge in [0.25, 0.3) is 5.69 Å². The van der Waals surface area contributed by atoms with E-state index in [9.17, 15) is 14.5 Å². The third kappa shape index (κ3) is 3.83. The molecule has 0 aliphatic carbocycles. The van der Waals surface area contributed by atoms with Crippen LogP contribution in [-0.2, 0) is 0 Å². The van der Waals surface area contributed by atoms with Gasteiger partial charge in [0.2, 0.25) is 0 Å². The van der Waals surface area contributed by atoms with Crippen molar-refractivity contribution in [2.45, 2.75) is 23.5 Å². The van der Waals surface area contributed by atoms with E-state index in [2.05, 4.69) is 0 Å². The molecule has 1 rings (SSSR count). The lowest BCUT2D eigenvalue weighted by atomic mass is 10.3. The van der Waals surface area contributed by atoms with Gasteiger partial charge >= 0.3 is 0 Å². The highest BCUT2D eigenvalue weighted by molar-refractivity contribution is 8.00. The number of rotatable bonds is 5. The van der Waals surface area contributed by atoms with Gasteiger partial charge in [-0.05, 0) is 12.5 Å². The van der Waals surface area contributed by atoms with Crippen LogP contribution < -0.4 is 0 Å². The highest BCUT2D eigenvalue weighted by Gasteiger charge is 2.19. The van der Waals surface area contributed by atoms with Crippen molar-refractivity contribution in [1.82, 2.24) is 0 Å². The van der Waals surface area contributed by atoms with E-state index in [-0.39, 0.29) is 27.5 Å². The molecule has 0 bridgehead atoms. The van der Waals surface area contributed by atoms with Crippen molar-refractivity contribution < 1.29 is 14.4 Å². The van der Waals surface area contributed by atoms with E-state index in [1.165, 1.54) is 0 Å². The predicted octanol–water partition coefficient (Wildman–Crippen LogP) is 3.25. The van der Waals surface area contributed by atoms with E-state index in [1.807, 2.05) is 0 Å². The standard InChI is InChI=1S/C10H11ClFNO3S/c1-6(2-3-14)17-10-5-8(12)7(11)4-9(10)13(15)16/h4-6,14H,2-3H2,1H3. The van der Waals surface area contributed by atoms with Crippen LogP contribution in [0, 0.1) is 15.9 Å². The first-order valence-electron chi connectivity index (χ1n) is 4.86. The molecule has 1 unspecified atom stereocenters. The Labute approximate surface area is 107 Å². The lowest BCUT2D eigenvalue weighted by Crippen LogP contribution is -2.01. The first kappa shape index (κ1) is 14.2. The monoisotopic (exact) mass is 279 g/mol. The predicted molar refractivity (Wildman–Crippen MR) is 65.1 cm³/mol. The normalized spacial score (nSPS) is 12.5. The number of hydrogen-bond donors (Lipinski definition) is 1. The summed E-state index contributed by atoms with van der Waals surface area (Å²) in [5, 5.41) is 19.2. The summed E-state index contributed by atoms with van der Waals surface area (Å²) in [6.45, 7) is 1.79. The van der Waals surface area contributed by atoms with Crippen LogP contribution in [0.3, 0.4) is 0 Å². The molecule has 0 heterocycles. The van der Waals surface area contributed by atoms with Crippen molar-refractivity contribution in [2.24, 2.45) is 0 Å². The number of nitrogens with zero attached hydrogens (tertiary/aromatic N) is 1. The lowest BCUT2D eigenvalue weighted by Gasteiger charge is -2.10. The molecule has 0 aliphatic rings. The average molecular weight is 280 g/mol. The minimum Gasteiger partial charge on any atom is -0.396 e. The fourth-order valence-electron chi connectivity index (χ4n) is 1.21. The van der Waals surface area contributed by atoms with Crippen molar-refractivity contribution in [2.75, 3.05) is 6.61 Å². The molecule has 0 aliphatic heterocycles. The summed E-state index contributed by atoms with van der Waals surface area (Å²) in [6, 6.07) is 2.06. The SMILES string of the molecule is CC(CCO)Sc1cc(F)c(Cl)cc1[N+](=O)[O-]. The minimum atomic E-state index is -0.684. The number of nitro benzene ring substituents is 1. The van der Waals surface area contributed by atoms with Crippen molar-refractivity contribution in [3.05, 3.63) is 33.1 Å². The van der Waals surface area contributed by atoms with Gasteiger partial charge in [0.15, 0.2) is 0 Å². The Bertz CT molecular complexity index is 430. The molecule has 17 heavy (non-hydrogen) atoms. The van der Waals surface area contributed by atoms with Gasteiger partial charge in [0.1, 0.15) is 5.82 Å². The molecule has 0 fully saturated rings. The Hall–Kier alpha value is -0.850. The van der Waals surface area contributed by atoms with Gasteiger partial charge in [0.05, 0.1) is 14.8 Å². The molecule has 94 valence electrons. The van der Waals surface area contributed by atoms with Gasteiger partial charge in [-0.2, -0.15) is 0 Å². The third-order valence-corrected chi connectivity index (χ3v) is 3.57. The number of halogens is 2. The molecule has 0 saturated carbocycles. The number of benzene rings is 1. The van der Waals surface area contributed by atoms with E-state index in [0.717, 1.165) is 23.9 Å². The molecular weight excluding hydrogens is 269 g/mol. The van der Waals surface area contributed by atoms with E-state index in [1.54, 1.807) is 6.92 Å². The van der Waals surface area contributed by atoms with Crippen molar-refractivity contribution in [3.8, 4) is 0 Å². The molecular formula is C10H11ClFNO3S. The molecule has 0 saturated heterocycles. The second kappa shape index (κ2) is 6.18. The van der Waals surface area contributed by atoms with Gasteiger partial charge < -0.3 is 5.11 Å². The van der Waals surface area contributed by atoms with Crippen molar-refractivity contribution in [3.63, 3.8) is 0 Å². The van der Waals surface area contributed by atoms with E-state index < -0.39 is 10.7 Å². The van der Waals surface area contributed by atoms with E-state index in [4.69, 9.17) is 16.7 Å². The topological polar surface area (TPSA) is 63.4 Å². The smallest absolute Gasteiger partial charge is 0.284 e. The molecule has 0 aromatic heterocycles. The highest BCUT2D eigenvalue weighted by atomic mass is 35.5. The summed E-state index contributed by atoms with van der Waals surface area (Å²) in [5.74, 6) is -0.684. The van der Waals surface area contributed by atoms with Crippen LogP contribution in [-0.4, -0.2) is 21.9 Å². The van der Waals surface area contributed by atoms with Crippen LogP contribution in [0.2, 0.25) is 5.02 Å². The molecule has 1 N–H and O–H groups in total. The van der Waals surface area contributed by atoms with Gasteiger partial charge in [-0.15, -0.1) is 11.8 Å². The number of hydrogen-bond acceptors (Lipinski definition) is 4. The first-order chi connectivity index (χ1) is 7.95.